The van der Waals surface area contributed by atoms with E-state index in [2.05, 4.69) is 37.0 Å². The summed E-state index contributed by atoms with van der Waals surface area (Å²) in [5, 5.41) is 0. The quantitative estimate of drug-likeness (QED) is 0.455. The third-order valence-electron chi connectivity index (χ3n) is 2.77. The fraction of sp³-hybridized carbons (Fsp3) is 0.533. The van der Waals surface area contributed by atoms with Crippen LogP contribution in [0.2, 0.25) is 0 Å². The van der Waals surface area contributed by atoms with Gasteiger partial charge in [0.25, 0.3) is 0 Å². The minimum atomic E-state index is -0.891. The Hall–Kier alpha value is -1.55. The summed E-state index contributed by atoms with van der Waals surface area (Å²) in [6.45, 7) is 10.2. The van der Waals surface area contributed by atoms with Crippen molar-refractivity contribution in [2.75, 3.05) is 4.90 Å². The highest BCUT2D eigenvalue weighted by Gasteiger charge is 2.35. The molecule has 0 aliphatic rings. The second kappa shape index (κ2) is 7.59. The van der Waals surface area contributed by atoms with E-state index in [-0.39, 0.29) is 5.82 Å². The van der Waals surface area contributed by atoms with E-state index in [1.54, 1.807) is 52.2 Å². The van der Waals surface area contributed by atoms with Crippen LogP contribution < -0.4 is 4.90 Å². The SMILES string of the molecule is CC(C)(C)OC(=O)N(C(=O)OC(C)(C)C)c1ncnc2c1ncn2PI. The van der Waals surface area contributed by atoms with E-state index in [1.165, 1.54) is 6.33 Å². The zero-order valence-electron chi connectivity index (χ0n) is 15.4. The van der Waals surface area contributed by atoms with Gasteiger partial charge in [0.2, 0.25) is 0 Å². The van der Waals surface area contributed by atoms with Crippen LogP contribution >= 0.6 is 28.4 Å². The van der Waals surface area contributed by atoms with Gasteiger partial charge in [0.05, 0.1) is 6.37 Å². The Bertz CT molecular complexity index is 800. The summed E-state index contributed by atoms with van der Waals surface area (Å²) < 4.78 is 12.5. The molecule has 0 spiro atoms. The summed E-state index contributed by atoms with van der Waals surface area (Å²) in [6.07, 6.45) is 1.42. The lowest BCUT2D eigenvalue weighted by molar-refractivity contribution is 0.0429. The molecule has 0 N–H and O–H groups in total. The minimum absolute atomic E-state index is 0.0203. The van der Waals surface area contributed by atoms with Crippen LogP contribution in [0.1, 0.15) is 41.5 Å². The molecule has 0 bridgehead atoms. The van der Waals surface area contributed by atoms with Gasteiger partial charge in [0, 0.05) is 0 Å². The van der Waals surface area contributed by atoms with Crippen LogP contribution in [0.3, 0.4) is 0 Å². The van der Waals surface area contributed by atoms with Crippen molar-refractivity contribution in [2.24, 2.45) is 0 Å². The van der Waals surface area contributed by atoms with Crippen LogP contribution in [0.5, 0.6) is 0 Å². The molecule has 26 heavy (non-hydrogen) atoms. The number of ether oxygens (including phenoxy) is 2. The average Bonchev–Trinajstić information content (AvgIpc) is 2.87. The van der Waals surface area contributed by atoms with Gasteiger partial charge in [0.15, 0.2) is 17.0 Å². The molecule has 0 fully saturated rings. The Morgan fingerprint density at radius 2 is 1.58 bits per heavy atom. The van der Waals surface area contributed by atoms with Gasteiger partial charge >= 0.3 is 12.2 Å². The van der Waals surface area contributed by atoms with Crippen LogP contribution in [-0.2, 0) is 9.47 Å². The first-order chi connectivity index (χ1) is 11.9. The first-order valence-electron chi connectivity index (χ1n) is 7.74. The maximum absolute atomic E-state index is 12.7. The lowest BCUT2D eigenvalue weighted by Crippen LogP contribution is -2.44. The van der Waals surface area contributed by atoms with Crippen molar-refractivity contribution in [3.8, 4) is 0 Å². The summed E-state index contributed by atoms with van der Waals surface area (Å²) in [5.41, 5.74) is -0.771. The summed E-state index contributed by atoms with van der Waals surface area (Å²) in [7, 11) is 0. The molecule has 2 amide bonds. The number of halogens is 1. The average molecular weight is 493 g/mol. The Morgan fingerprint density at radius 1 is 1.04 bits per heavy atom. The summed E-state index contributed by atoms with van der Waals surface area (Å²) in [5.74, 6) is 0.0203. The normalized spacial score (nSPS) is 12.6. The van der Waals surface area contributed by atoms with Crippen molar-refractivity contribution in [3.63, 3.8) is 0 Å². The molecule has 2 aromatic rings. The fourth-order valence-electron chi connectivity index (χ4n) is 1.91. The number of carbonyl (C=O) groups excluding carboxylic acids is 2. The molecule has 2 aromatic heterocycles. The van der Waals surface area contributed by atoms with Crippen molar-refractivity contribution < 1.29 is 19.1 Å². The van der Waals surface area contributed by atoms with Crippen molar-refractivity contribution >= 4 is 57.6 Å². The van der Waals surface area contributed by atoms with Gasteiger partial charge in [-0.25, -0.2) is 24.5 Å². The van der Waals surface area contributed by atoms with Crippen LogP contribution in [0.25, 0.3) is 11.2 Å². The molecule has 1 unspecified atom stereocenters. The fourth-order valence-corrected chi connectivity index (χ4v) is 3.31. The number of fused-ring (bicyclic) bond motifs is 1. The van der Waals surface area contributed by atoms with Gasteiger partial charge in [-0.1, -0.05) is 0 Å². The highest BCUT2D eigenvalue weighted by atomic mass is 127. The summed E-state index contributed by atoms with van der Waals surface area (Å²) in [6, 6.07) is 0. The molecule has 1 atom stereocenters. The molecule has 2 rings (SSSR count). The van der Waals surface area contributed by atoms with Crippen LogP contribution in [0, 0.1) is 0 Å². The number of imide groups is 1. The maximum atomic E-state index is 12.7. The molecular formula is C15H21IN5O4P. The molecule has 142 valence electrons. The largest absolute Gasteiger partial charge is 0.443 e. The number of carbonyl (C=O) groups is 2. The monoisotopic (exact) mass is 493 g/mol. The van der Waals surface area contributed by atoms with E-state index in [4.69, 9.17) is 9.47 Å². The topological polar surface area (TPSA) is 99.4 Å². The van der Waals surface area contributed by atoms with Gasteiger partial charge in [-0.2, -0.15) is 4.90 Å². The van der Waals surface area contributed by atoms with Gasteiger partial charge < -0.3 is 9.47 Å². The predicted molar refractivity (Wildman–Crippen MR) is 108 cm³/mol. The molecule has 0 aliphatic heterocycles. The van der Waals surface area contributed by atoms with E-state index in [0.29, 0.717) is 17.5 Å². The molecular weight excluding hydrogens is 472 g/mol. The van der Waals surface area contributed by atoms with Crippen molar-refractivity contribution in [2.45, 2.75) is 52.7 Å². The molecule has 0 radical (unpaired) electrons. The number of hydrogen-bond donors (Lipinski definition) is 0. The molecule has 0 saturated heterocycles. The van der Waals surface area contributed by atoms with E-state index < -0.39 is 23.4 Å². The first-order valence-corrected chi connectivity index (χ1v) is 11.8. The number of anilines is 1. The Balaban J connectivity index is 2.55. The molecule has 0 aromatic carbocycles. The molecule has 0 saturated carbocycles. The van der Waals surface area contributed by atoms with E-state index in [1.807, 2.05) is 0 Å². The van der Waals surface area contributed by atoms with Gasteiger partial charge in [-0.05, 0) is 63.6 Å². The predicted octanol–water partition coefficient (Wildman–Crippen LogP) is 4.29. The van der Waals surface area contributed by atoms with Crippen LogP contribution in [-0.4, -0.2) is 42.7 Å². The Labute approximate surface area is 166 Å². The number of imidazole rings is 1. The van der Waals surface area contributed by atoms with Gasteiger partial charge in [-0.15, -0.1) is 0 Å². The number of aromatic nitrogens is 4. The molecule has 9 nitrogen and oxygen atoms in total. The smallest absolute Gasteiger partial charge is 0.425 e. The van der Waals surface area contributed by atoms with E-state index in [0.717, 1.165) is 4.90 Å². The third kappa shape index (κ3) is 5.00. The molecule has 11 heteroatoms. The van der Waals surface area contributed by atoms with Crippen molar-refractivity contribution in [1.29, 1.82) is 0 Å². The standard InChI is InChI=1S/C15H21IN5O4P/c1-14(2,3)24-12(22)21(13(23)25-15(4,5)6)11-9-10(17-7-18-11)20(26-16)8-19-9/h7-8,26H,1-6H3. The van der Waals surface area contributed by atoms with E-state index >= 15 is 0 Å². The highest BCUT2D eigenvalue weighted by Crippen LogP contribution is 2.31. The number of rotatable bonds is 2. The second-order valence-electron chi connectivity index (χ2n) is 7.36. The van der Waals surface area contributed by atoms with E-state index in [9.17, 15) is 9.59 Å². The third-order valence-corrected chi connectivity index (χ3v) is 4.84. The first kappa shape index (κ1) is 20.8. The second-order valence-corrected chi connectivity index (χ2v) is 9.46. The Kier molecular flexibility index (Phi) is 6.06. The van der Waals surface area contributed by atoms with Crippen LogP contribution in [0.4, 0.5) is 15.4 Å². The Morgan fingerprint density at radius 3 is 2.04 bits per heavy atom. The number of hydrogen-bond acceptors (Lipinski definition) is 7. The van der Waals surface area contributed by atoms with Gasteiger partial charge in [-0.3, -0.25) is 4.34 Å². The summed E-state index contributed by atoms with van der Waals surface area (Å²) >= 11 is 2.18. The lowest BCUT2D eigenvalue weighted by Gasteiger charge is -2.28. The molecule has 2 heterocycles. The van der Waals surface area contributed by atoms with Crippen molar-refractivity contribution in [1.82, 2.24) is 19.3 Å². The minimum Gasteiger partial charge on any atom is -0.443 e. The highest BCUT2D eigenvalue weighted by molar-refractivity contribution is 14.2. The number of amides is 2. The van der Waals surface area contributed by atoms with Crippen molar-refractivity contribution in [3.05, 3.63) is 12.7 Å². The van der Waals surface area contributed by atoms with Crippen LogP contribution in [0.15, 0.2) is 12.7 Å². The van der Waals surface area contributed by atoms with Gasteiger partial charge in [0.1, 0.15) is 23.9 Å². The number of nitrogens with zero attached hydrogens (tertiary/aromatic N) is 5. The summed E-state index contributed by atoms with van der Waals surface area (Å²) in [4.78, 5) is 38.7. The molecule has 0 aliphatic carbocycles. The zero-order chi connectivity index (χ0) is 19.7. The maximum Gasteiger partial charge on any atom is 0.425 e. The zero-order valence-corrected chi connectivity index (χ0v) is 18.6. The lowest BCUT2D eigenvalue weighted by atomic mass is 10.2.